The summed E-state index contributed by atoms with van der Waals surface area (Å²) < 4.78 is 11.2. The first-order valence-corrected chi connectivity index (χ1v) is 5.35. The topological polar surface area (TPSA) is 38.7 Å². The highest BCUT2D eigenvalue weighted by atomic mass is 35.5. The highest BCUT2D eigenvalue weighted by Gasteiger charge is 2.48. The maximum Gasteiger partial charge on any atom is 0.198 e. The molecule has 15 heavy (non-hydrogen) atoms. The number of hydrogen-bond acceptors (Lipinski definition) is 3. The third-order valence-electron chi connectivity index (χ3n) is 3.00. The Morgan fingerprint density at radius 1 is 1.33 bits per heavy atom. The fourth-order valence-electron chi connectivity index (χ4n) is 2.35. The predicted molar refractivity (Wildman–Crippen MR) is 54.6 cm³/mol. The van der Waals surface area contributed by atoms with Crippen LogP contribution in [0.1, 0.15) is 23.7 Å². The van der Waals surface area contributed by atoms with Gasteiger partial charge >= 0.3 is 0 Å². The van der Waals surface area contributed by atoms with Gasteiger partial charge < -0.3 is 14.6 Å². The third-order valence-corrected chi connectivity index (χ3v) is 3.24. The van der Waals surface area contributed by atoms with Crippen LogP contribution in [0.15, 0.2) is 18.2 Å². The molecule has 0 amide bonds. The van der Waals surface area contributed by atoms with Crippen LogP contribution in [0.4, 0.5) is 0 Å². The highest BCUT2D eigenvalue weighted by molar-refractivity contribution is 6.30. The zero-order valence-corrected chi connectivity index (χ0v) is 8.83. The van der Waals surface area contributed by atoms with Gasteiger partial charge in [-0.15, -0.1) is 0 Å². The second-order valence-corrected chi connectivity index (χ2v) is 4.34. The van der Waals surface area contributed by atoms with Gasteiger partial charge in [-0.25, -0.2) is 0 Å². The van der Waals surface area contributed by atoms with E-state index in [0.717, 1.165) is 11.1 Å². The third kappa shape index (κ3) is 1.31. The molecule has 1 unspecified atom stereocenters. The maximum absolute atomic E-state index is 9.89. The van der Waals surface area contributed by atoms with Gasteiger partial charge in [0.1, 0.15) is 0 Å². The van der Waals surface area contributed by atoms with Gasteiger partial charge in [0, 0.05) is 17.0 Å². The summed E-state index contributed by atoms with van der Waals surface area (Å²) in [6.07, 6.45) is -0.0572. The van der Waals surface area contributed by atoms with Crippen molar-refractivity contribution in [2.24, 2.45) is 0 Å². The Morgan fingerprint density at radius 2 is 2.07 bits per heavy atom. The van der Waals surface area contributed by atoms with Crippen LogP contribution in [0.25, 0.3) is 0 Å². The smallest absolute Gasteiger partial charge is 0.198 e. The molecule has 0 aromatic heterocycles. The largest absolute Gasteiger partial charge is 0.388 e. The molecule has 1 aromatic rings. The molecule has 1 N–H and O–H groups in total. The molecule has 1 aromatic carbocycles. The van der Waals surface area contributed by atoms with Crippen molar-refractivity contribution in [3.05, 3.63) is 34.3 Å². The molecule has 0 radical (unpaired) electrons. The first-order chi connectivity index (χ1) is 7.21. The van der Waals surface area contributed by atoms with Gasteiger partial charge in [-0.3, -0.25) is 0 Å². The van der Waals surface area contributed by atoms with Crippen molar-refractivity contribution < 1.29 is 14.6 Å². The van der Waals surface area contributed by atoms with E-state index in [4.69, 9.17) is 21.1 Å². The molecular formula is C11H11ClO3. The van der Waals surface area contributed by atoms with Gasteiger partial charge in [0.05, 0.1) is 19.3 Å². The summed E-state index contributed by atoms with van der Waals surface area (Å²) in [6, 6.07) is 5.43. The monoisotopic (exact) mass is 226 g/mol. The maximum atomic E-state index is 9.89. The quantitative estimate of drug-likeness (QED) is 0.735. The number of ether oxygens (including phenoxy) is 2. The molecule has 2 aliphatic rings. The van der Waals surface area contributed by atoms with E-state index in [1.807, 2.05) is 12.1 Å². The van der Waals surface area contributed by atoms with Gasteiger partial charge in [-0.05, 0) is 17.7 Å². The fraction of sp³-hybridized carbons (Fsp3) is 0.455. The SMILES string of the molecule is OC1CC2(OCCO2)c2cc(Cl)ccc21. The zero-order chi connectivity index (χ0) is 10.5. The van der Waals surface area contributed by atoms with Crippen molar-refractivity contribution in [1.29, 1.82) is 0 Å². The lowest BCUT2D eigenvalue weighted by molar-refractivity contribution is -0.174. The number of aliphatic hydroxyl groups excluding tert-OH is 1. The molecule has 3 rings (SSSR count). The van der Waals surface area contributed by atoms with E-state index in [-0.39, 0.29) is 0 Å². The zero-order valence-electron chi connectivity index (χ0n) is 8.07. The Labute approximate surface area is 92.6 Å². The highest BCUT2D eigenvalue weighted by Crippen LogP contribution is 2.49. The standard InChI is InChI=1S/C11H11ClO3/c12-7-1-2-8-9(5-7)11(6-10(8)13)14-3-4-15-11/h1-2,5,10,13H,3-4,6H2. The molecule has 1 spiro atoms. The predicted octanol–water partition coefficient (Wildman–Crippen LogP) is 1.98. The van der Waals surface area contributed by atoms with Crippen LogP contribution in [0.2, 0.25) is 5.02 Å². The van der Waals surface area contributed by atoms with E-state index in [2.05, 4.69) is 0 Å². The molecule has 4 heteroatoms. The average molecular weight is 227 g/mol. The first-order valence-electron chi connectivity index (χ1n) is 4.97. The number of rotatable bonds is 0. The summed E-state index contributed by atoms with van der Waals surface area (Å²) in [5, 5.41) is 10.5. The van der Waals surface area contributed by atoms with E-state index in [9.17, 15) is 5.11 Å². The number of halogens is 1. The van der Waals surface area contributed by atoms with E-state index >= 15 is 0 Å². The Hall–Kier alpha value is -0.610. The molecule has 1 fully saturated rings. The Kier molecular flexibility index (Phi) is 2.04. The molecule has 3 nitrogen and oxygen atoms in total. The molecule has 80 valence electrons. The normalized spacial score (nSPS) is 27.2. The summed E-state index contributed by atoms with van der Waals surface area (Å²) in [5.74, 6) is -0.750. The van der Waals surface area contributed by atoms with Gasteiger partial charge in [0.25, 0.3) is 0 Å². The lowest BCUT2D eigenvalue weighted by Gasteiger charge is -2.22. The van der Waals surface area contributed by atoms with Gasteiger partial charge in [0.15, 0.2) is 5.79 Å². The van der Waals surface area contributed by atoms with Gasteiger partial charge in [-0.1, -0.05) is 17.7 Å². The van der Waals surface area contributed by atoms with Crippen molar-refractivity contribution in [3.63, 3.8) is 0 Å². The van der Waals surface area contributed by atoms with Gasteiger partial charge in [0.2, 0.25) is 0 Å². The van der Waals surface area contributed by atoms with E-state index in [1.54, 1.807) is 6.07 Å². The number of hydrogen-bond donors (Lipinski definition) is 1. The second kappa shape index (κ2) is 3.19. The lowest BCUT2D eigenvalue weighted by atomic mass is 10.1. The van der Waals surface area contributed by atoms with Crippen LogP contribution in [0, 0.1) is 0 Å². The van der Waals surface area contributed by atoms with Crippen LogP contribution in [-0.4, -0.2) is 18.3 Å². The molecular weight excluding hydrogens is 216 g/mol. The number of fused-ring (bicyclic) bond motifs is 2. The van der Waals surface area contributed by atoms with E-state index < -0.39 is 11.9 Å². The Morgan fingerprint density at radius 3 is 2.80 bits per heavy atom. The molecule has 0 bridgehead atoms. The van der Waals surface area contributed by atoms with E-state index in [0.29, 0.717) is 24.7 Å². The van der Waals surface area contributed by atoms with Crippen LogP contribution in [0.3, 0.4) is 0 Å². The molecule has 1 saturated heterocycles. The van der Waals surface area contributed by atoms with Crippen molar-refractivity contribution >= 4 is 11.6 Å². The van der Waals surface area contributed by atoms with Crippen LogP contribution in [0.5, 0.6) is 0 Å². The van der Waals surface area contributed by atoms with Crippen LogP contribution < -0.4 is 0 Å². The number of benzene rings is 1. The van der Waals surface area contributed by atoms with Crippen molar-refractivity contribution in [2.75, 3.05) is 13.2 Å². The first kappa shape index (κ1) is 9.60. The summed E-state index contributed by atoms with van der Waals surface area (Å²) in [7, 11) is 0. The summed E-state index contributed by atoms with van der Waals surface area (Å²) in [4.78, 5) is 0. The van der Waals surface area contributed by atoms with Gasteiger partial charge in [-0.2, -0.15) is 0 Å². The Bertz CT molecular complexity index is 399. The lowest BCUT2D eigenvalue weighted by Crippen LogP contribution is -2.23. The molecule has 1 atom stereocenters. The average Bonchev–Trinajstić information content (AvgIpc) is 2.76. The van der Waals surface area contributed by atoms with Crippen molar-refractivity contribution in [3.8, 4) is 0 Å². The summed E-state index contributed by atoms with van der Waals surface area (Å²) >= 11 is 5.94. The van der Waals surface area contributed by atoms with Crippen LogP contribution >= 0.6 is 11.6 Å². The van der Waals surface area contributed by atoms with E-state index in [1.165, 1.54) is 0 Å². The molecule has 1 aliphatic carbocycles. The van der Waals surface area contributed by atoms with Crippen molar-refractivity contribution in [1.82, 2.24) is 0 Å². The second-order valence-electron chi connectivity index (χ2n) is 3.90. The molecule has 0 saturated carbocycles. The van der Waals surface area contributed by atoms with Crippen molar-refractivity contribution in [2.45, 2.75) is 18.3 Å². The minimum absolute atomic E-state index is 0.461. The van der Waals surface area contributed by atoms with Crippen LogP contribution in [-0.2, 0) is 15.3 Å². The molecule has 1 heterocycles. The summed E-state index contributed by atoms with van der Waals surface area (Å²) in [6.45, 7) is 1.14. The number of aliphatic hydroxyl groups is 1. The minimum Gasteiger partial charge on any atom is -0.388 e. The Balaban J connectivity index is 2.15. The fourth-order valence-corrected chi connectivity index (χ4v) is 2.52. The molecule has 1 aliphatic heterocycles. The summed E-state index contributed by atoms with van der Waals surface area (Å²) in [5.41, 5.74) is 1.74. The minimum atomic E-state index is -0.750.